The lowest BCUT2D eigenvalue weighted by Crippen LogP contribution is -2.38. The summed E-state index contributed by atoms with van der Waals surface area (Å²) in [5.41, 5.74) is 0.560. The molecule has 1 aromatic carbocycles. The summed E-state index contributed by atoms with van der Waals surface area (Å²) in [6.45, 7) is 4.94. The molecule has 1 heterocycles. The van der Waals surface area contributed by atoms with Crippen LogP contribution in [-0.2, 0) is 4.74 Å². The van der Waals surface area contributed by atoms with Crippen molar-refractivity contribution in [3.05, 3.63) is 24.3 Å². The predicted octanol–water partition coefficient (Wildman–Crippen LogP) is 2.48. The molecule has 2 rings (SSSR count). The highest BCUT2D eigenvalue weighted by atomic mass is 16.6. The Morgan fingerprint density at radius 3 is 2.78 bits per heavy atom. The molecular formula is C17H26N2O4. The van der Waals surface area contributed by atoms with E-state index in [2.05, 4.69) is 10.2 Å². The standard InChI is InChI=1S/C17H26N2O4/c1-2-22-16-9-5-4-8-15(16)18-17(21)23-13-14(20)12-19-10-6-3-7-11-19/h4-5,8-9,14,20H,2-3,6-7,10-13H2,1H3,(H,18,21). The average Bonchev–Trinajstić information content (AvgIpc) is 2.56. The van der Waals surface area contributed by atoms with Crippen LogP contribution in [0.15, 0.2) is 24.3 Å². The van der Waals surface area contributed by atoms with Gasteiger partial charge in [0.2, 0.25) is 0 Å². The molecule has 0 saturated carbocycles. The van der Waals surface area contributed by atoms with Gasteiger partial charge in [0.15, 0.2) is 0 Å². The first-order valence-corrected chi connectivity index (χ1v) is 8.25. The average molecular weight is 322 g/mol. The largest absolute Gasteiger partial charge is 0.492 e. The molecule has 0 radical (unpaired) electrons. The molecular weight excluding hydrogens is 296 g/mol. The van der Waals surface area contributed by atoms with E-state index in [1.165, 1.54) is 19.3 Å². The number of carbonyl (C=O) groups is 1. The number of hydrogen-bond donors (Lipinski definition) is 2. The van der Waals surface area contributed by atoms with Crippen LogP contribution < -0.4 is 10.1 Å². The van der Waals surface area contributed by atoms with E-state index in [1.807, 2.05) is 19.1 Å². The monoisotopic (exact) mass is 322 g/mol. The van der Waals surface area contributed by atoms with Gasteiger partial charge in [0.25, 0.3) is 0 Å². The molecule has 0 aliphatic carbocycles. The number of benzene rings is 1. The molecule has 1 atom stereocenters. The molecule has 1 aliphatic rings. The Labute approximate surface area is 137 Å². The Balaban J connectivity index is 1.74. The van der Waals surface area contributed by atoms with Gasteiger partial charge in [-0.3, -0.25) is 5.32 Å². The van der Waals surface area contributed by atoms with Crippen LogP contribution in [0.1, 0.15) is 26.2 Å². The van der Waals surface area contributed by atoms with Gasteiger partial charge in [-0.15, -0.1) is 0 Å². The first kappa shape index (κ1) is 17.6. The topological polar surface area (TPSA) is 71.0 Å². The molecule has 1 unspecified atom stereocenters. The molecule has 0 bridgehead atoms. The first-order valence-electron chi connectivity index (χ1n) is 8.25. The van der Waals surface area contributed by atoms with Crippen molar-refractivity contribution in [2.75, 3.05) is 38.2 Å². The lowest BCUT2D eigenvalue weighted by molar-refractivity contribution is 0.0436. The fourth-order valence-electron chi connectivity index (χ4n) is 2.66. The normalized spacial score (nSPS) is 16.6. The van der Waals surface area contributed by atoms with Crippen molar-refractivity contribution < 1.29 is 19.4 Å². The van der Waals surface area contributed by atoms with Gasteiger partial charge < -0.3 is 19.5 Å². The summed E-state index contributed by atoms with van der Waals surface area (Å²) in [7, 11) is 0. The summed E-state index contributed by atoms with van der Waals surface area (Å²) < 4.78 is 10.5. The second-order valence-corrected chi connectivity index (χ2v) is 5.67. The quantitative estimate of drug-likeness (QED) is 0.807. The van der Waals surface area contributed by atoms with E-state index in [4.69, 9.17) is 9.47 Å². The fourth-order valence-corrected chi connectivity index (χ4v) is 2.66. The molecule has 1 aromatic rings. The zero-order valence-electron chi connectivity index (χ0n) is 13.7. The number of nitrogens with one attached hydrogen (secondary N) is 1. The van der Waals surface area contributed by atoms with Crippen molar-refractivity contribution in [2.45, 2.75) is 32.3 Å². The van der Waals surface area contributed by atoms with Gasteiger partial charge in [-0.2, -0.15) is 0 Å². The third-order valence-corrected chi connectivity index (χ3v) is 3.75. The van der Waals surface area contributed by atoms with Gasteiger partial charge in [-0.1, -0.05) is 18.6 Å². The van der Waals surface area contributed by atoms with E-state index >= 15 is 0 Å². The molecule has 1 amide bonds. The number of β-amino-alcohol motifs (C(OH)–C–C–N with tert-alkyl or cyclic N) is 1. The molecule has 128 valence electrons. The van der Waals surface area contributed by atoms with Crippen LogP contribution in [0.25, 0.3) is 0 Å². The number of amides is 1. The van der Waals surface area contributed by atoms with Crippen molar-refractivity contribution in [3.8, 4) is 5.75 Å². The third-order valence-electron chi connectivity index (χ3n) is 3.75. The molecule has 0 aromatic heterocycles. The first-order chi connectivity index (χ1) is 11.2. The van der Waals surface area contributed by atoms with E-state index in [9.17, 15) is 9.90 Å². The summed E-state index contributed by atoms with van der Waals surface area (Å²) >= 11 is 0. The van der Waals surface area contributed by atoms with E-state index in [0.29, 0.717) is 24.6 Å². The minimum atomic E-state index is -0.666. The Hall–Kier alpha value is -1.79. The molecule has 6 nitrogen and oxygen atoms in total. The lowest BCUT2D eigenvalue weighted by Gasteiger charge is -2.28. The fraction of sp³-hybridized carbons (Fsp3) is 0.588. The van der Waals surface area contributed by atoms with Crippen molar-refractivity contribution in [3.63, 3.8) is 0 Å². The number of nitrogens with zero attached hydrogens (tertiary/aromatic N) is 1. The highest BCUT2D eigenvalue weighted by molar-refractivity contribution is 5.86. The minimum Gasteiger partial charge on any atom is -0.492 e. The van der Waals surface area contributed by atoms with Crippen LogP contribution in [0.4, 0.5) is 10.5 Å². The number of carbonyl (C=O) groups excluding carboxylic acids is 1. The maximum absolute atomic E-state index is 11.9. The number of likely N-dealkylation sites (tertiary alicyclic amines) is 1. The molecule has 1 saturated heterocycles. The molecule has 0 spiro atoms. The zero-order chi connectivity index (χ0) is 16.5. The number of rotatable bonds is 7. The summed E-state index contributed by atoms with van der Waals surface area (Å²) in [6.07, 6.45) is 2.34. The van der Waals surface area contributed by atoms with Gasteiger partial charge in [-0.25, -0.2) is 4.79 Å². The highest BCUT2D eigenvalue weighted by Gasteiger charge is 2.16. The summed E-state index contributed by atoms with van der Waals surface area (Å²) in [5, 5.41) is 12.6. The van der Waals surface area contributed by atoms with E-state index in [0.717, 1.165) is 13.1 Å². The number of anilines is 1. The minimum absolute atomic E-state index is 0.0147. The smallest absolute Gasteiger partial charge is 0.411 e. The van der Waals surface area contributed by atoms with Crippen LogP contribution in [0, 0.1) is 0 Å². The SMILES string of the molecule is CCOc1ccccc1NC(=O)OCC(O)CN1CCCCC1. The number of hydrogen-bond acceptors (Lipinski definition) is 5. The Bertz CT molecular complexity index is 489. The van der Waals surface area contributed by atoms with Gasteiger partial charge in [0.1, 0.15) is 18.5 Å². The maximum Gasteiger partial charge on any atom is 0.411 e. The highest BCUT2D eigenvalue weighted by Crippen LogP contribution is 2.23. The van der Waals surface area contributed by atoms with Crippen molar-refractivity contribution in [1.29, 1.82) is 0 Å². The molecule has 23 heavy (non-hydrogen) atoms. The summed E-state index contributed by atoms with van der Waals surface area (Å²) in [6, 6.07) is 7.17. The third kappa shape index (κ3) is 6.08. The van der Waals surface area contributed by atoms with Crippen LogP contribution in [0.3, 0.4) is 0 Å². The number of aliphatic hydroxyl groups is 1. The van der Waals surface area contributed by atoms with Crippen molar-refractivity contribution in [2.24, 2.45) is 0 Å². The zero-order valence-corrected chi connectivity index (χ0v) is 13.7. The van der Waals surface area contributed by atoms with E-state index < -0.39 is 12.2 Å². The molecule has 1 fully saturated rings. The van der Waals surface area contributed by atoms with Gasteiger partial charge >= 0.3 is 6.09 Å². The number of para-hydroxylation sites is 2. The van der Waals surface area contributed by atoms with Crippen LogP contribution in [0.2, 0.25) is 0 Å². The Kier molecular flexibility index (Phi) is 7.16. The number of aliphatic hydroxyl groups excluding tert-OH is 1. The molecule has 1 aliphatic heterocycles. The molecule has 2 N–H and O–H groups in total. The van der Waals surface area contributed by atoms with Crippen molar-refractivity contribution in [1.82, 2.24) is 4.90 Å². The number of ether oxygens (including phenoxy) is 2. The van der Waals surface area contributed by atoms with Crippen molar-refractivity contribution >= 4 is 11.8 Å². The second kappa shape index (κ2) is 9.37. The van der Waals surface area contributed by atoms with Crippen LogP contribution >= 0.6 is 0 Å². The molecule has 6 heteroatoms. The van der Waals surface area contributed by atoms with E-state index in [-0.39, 0.29) is 6.61 Å². The Morgan fingerprint density at radius 1 is 1.30 bits per heavy atom. The van der Waals surface area contributed by atoms with Gasteiger partial charge in [-0.05, 0) is 45.0 Å². The second-order valence-electron chi connectivity index (χ2n) is 5.67. The summed E-state index contributed by atoms with van der Waals surface area (Å²) in [5.74, 6) is 0.598. The Morgan fingerprint density at radius 2 is 2.04 bits per heavy atom. The van der Waals surface area contributed by atoms with Gasteiger partial charge in [0, 0.05) is 6.54 Å². The van der Waals surface area contributed by atoms with Crippen LogP contribution in [-0.4, -0.2) is 55.1 Å². The van der Waals surface area contributed by atoms with E-state index in [1.54, 1.807) is 12.1 Å². The van der Waals surface area contributed by atoms with Gasteiger partial charge in [0.05, 0.1) is 12.3 Å². The lowest BCUT2D eigenvalue weighted by atomic mass is 10.1. The predicted molar refractivity (Wildman–Crippen MR) is 88.9 cm³/mol. The maximum atomic E-state index is 11.9. The van der Waals surface area contributed by atoms with Crippen LogP contribution in [0.5, 0.6) is 5.75 Å². The summed E-state index contributed by atoms with van der Waals surface area (Å²) in [4.78, 5) is 14.1. The number of piperidine rings is 1.